The summed E-state index contributed by atoms with van der Waals surface area (Å²) in [7, 11) is -4.66. The number of benzene rings is 5. The number of rotatable bonds is 9. The number of aliphatic hydroxyl groups is 1. The lowest BCUT2D eigenvalue weighted by Gasteiger charge is -2.22. The van der Waals surface area contributed by atoms with Gasteiger partial charge in [-0.05, 0) is 79.6 Å². The summed E-state index contributed by atoms with van der Waals surface area (Å²) in [5, 5.41) is 31.5. The molecule has 0 aliphatic rings. The summed E-state index contributed by atoms with van der Waals surface area (Å²) in [6, 6.07) is 26.9. The van der Waals surface area contributed by atoms with Crippen LogP contribution >= 0.6 is 11.6 Å². The number of hydrogen-bond acceptors (Lipinski definition) is 7. The van der Waals surface area contributed by atoms with E-state index in [2.05, 4.69) is 12.1 Å². The van der Waals surface area contributed by atoms with Crippen LogP contribution in [0.2, 0.25) is 5.02 Å². The first-order valence-electron chi connectivity index (χ1n) is 16.0. The van der Waals surface area contributed by atoms with Crippen molar-refractivity contribution in [2.24, 2.45) is 0 Å². The molecular formula is C40H27ClF3N3O5S. The van der Waals surface area contributed by atoms with Crippen molar-refractivity contribution in [2.75, 3.05) is 6.61 Å². The highest BCUT2D eigenvalue weighted by atomic mass is 35.5. The highest BCUT2D eigenvalue weighted by Gasteiger charge is 2.35. The monoisotopic (exact) mass is 753 g/mol. The van der Waals surface area contributed by atoms with Crippen LogP contribution in [0.4, 0.5) is 13.2 Å². The quantitative estimate of drug-likeness (QED) is 0.146. The third-order valence-electron chi connectivity index (χ3n) is 8.76. The first-order chi connectivity index (χ1) is 25.2. The summed E-state index contributed by atoms with van der Waals surface area (Å²) in [4.78, 5) is 12.1. The van der Waals surface area contributed by atoms with Crippen LogP contribution in [0.15, 0.2) is 108 Å². The maximum atomic E-state index is 15.1. The molecule has 0 aliphatic carbocycles. The van der Waals surface area contributed by atoms with Crippen molar-refractivity contribution in [1.82, 2.24) is 3.97 Å². The second-order valence-electron chi connectivity index (χ2n) is 12.0. The molecule has 8 nitrogen and oxygen atoms in total. The SMILES string of the molecule is CCOC(=O)C(C)(O)c1ccc(-c2cccc(-c3c(-c4c(C#N)cccc4C#N)c4cc(F)ccc4n3S(=O)(=O)c3ccc(C(F)F)cc3)c2)c(Cl)c1. The van der Waals surface area contributed by atoms with E-state index >= 15 is 4.39 Å². The Hall–Kier alpha value is -5.92. The van der Waals surface area contributed by atoms with Gasteiger partial charge in [0, 0.05) is 38.2 Å². The van der Waals surface area contributed by atoms with Gasteiger partial charge in [0.15, 0.2) is 5.60 Å². The van der Waals surface area contributed by atoms with Gasteiger partial charge in [0.1, 0.15) is 5.82 Å². The van der Waals surface area contributed by atoms with E-state index in [1.165, 1.54) is 43.3 Å². The lowest BCUT2D eigenvalue weighted by atomic mass is 9.90. The van der Waals surface area contributed by atoms with Gasteiger partial charge in [-0.25, -0.2) is 30.4 Å². The maximum absolute atomic E-state index is 15.1. The predicted molar refractivity (Wildman–Crippen MR) is 193 cm³/mol. The van der Waals surface area contributed by atoms with Crippen LogP contribution in [-0.4, -0.2) is 30.1 Å². The molecule has 13 heteroatoms. The molecule has 5 aromatic carbocycles. The summed E-state index contributed by atoms with van der Waals surface area (Å²) < 4.78 is 77.3. The van der Waals surface area contributed by atoms with Gasteiger partial charge in [-0.15, -0.1) is 0 Å². The number of carbonyl (C=O) groups is 1. The average molecular weight is 754 g/mol. The Bertz CT molecular complexity index is 2590. The van der Waals surface area contributed by atoms with Gasteiger partial charge < -0.3 is 9.84 Å². The van der Waals surface area contributed by atoms with E-state index in [-0.39, 0.29) is 66.5 Å². The molecule has 0 radical (unpaired) electrons. The molecule has 1 heterocycles. The van der Waals surface area contributed by atoms with Gasteiger partial charge in [-0.2, -0.15) is 10.5 Å². The highest BCUT2D eigenvalue weighted by molar-refractivity contribution is 7.90. The maximum Gasteiger partial charge on any atom is 0.342 e. The second kappa shape index (κ2) is 14.2. The van der Waals surface area contributed by atoms with E-state index in [1.54, 1.807) is 37.3 Å². The highest BCUT2D eigenvalue weighted by Crippen LogP contribution is 2.46. The van der Waals surface area contributed by atoms with Crippen LogP contribution in [0.25, 0.3) is 44.4 Å². The van der Waals surface area contributed by atoms with Gasteiger partial charge in [0.2, 0.25) is 0 Å². The topological polar surface area (TPSA) is 133 Å². The molecule has 1 aromatic heterocycles. The number of carbonyl (C=O) groups excluding carboxylic acids is 1. The Balaban J connectivity index is 1.68. The van der Waals surface area contributed by atoms with Crippen molar-refractivity contribution >= 4 is 38.5 Å². The number of halogens is 4. The summed E-state index contributed by atoms with van der Waals surface area (Å²) in [5.41, 5.74) is -1.07. The molecule has 6 aromatic rings. The van der Waals surface area contributed by atoms with Crippen molar-refractivity contribution in [1.29, 1.82) is 10.5 Å². The fourth-order valence-electron chi connectivity index (χ4n) is 6.17. The van der Waals surface area contributed by atoms with Crippen LogP contribution in [-0.2, 0) is 25.2 Å². The zero-order valence-corrected chi connectivity index (χ0v) is 29.5. The van der Waals surface area contributed by atoms with Crippen molar-refractivity contribution in [3.8, 4) is 45.6 Å². The molecule has 0 fully saturated rings. The summed E-state index contributed by atoms with van der Waals surface area (Å²) in [5.74, 6) is -1.60. The van der Waals surface area contributed by atoms with Crippen molar-refractivity contribution in [3.63, 3.8) is 0 Å². The van der Waals surface area contributed by atoms with Crippen LogP contribution in [0.5, 0.6) is 0 Å². The molecule has 0 bridgehead atoms. The molecule has 0 saturated heterocycles. The van der Waals surface area contributed by atoms with E-state index in [9.17, 15) is 37.6 Å². The molecule has 266 valence electrons. The predicted octanol–water partition coefficient (Wildman–Crippen LogP) is 9.12. The Morgan fingerprint density at radius 3 is 2.15 bits per heavy atom. The molecule has 0 aliphatic heterocycles. The van der Waals surface area contributed by atoms with Gasteiger partial charge in [-0.1, -0.05) is 60.1 Å². The Kier molecular flexibility index (Phi) is 9.91. The van der Waals surface area contributed by atoms with Crippen molar-refractivity contribution < 1.29 is 36.2 Å². The number of fused-ring (bicyclic) bond motifs is 1. The molecule has 53 heavy (non-hydrogen) atoms. The summed E-state index contributed by atoms with van der Waals surface area (Å²) >= 11 is 6.73. The molecule has 0 spiro atoms. The van der Waals surface area contributed by atoms with Gasteiger partial charge >= 0.3 is 5.97 Å². The molecule has 1 unspecified atom stereocenters. The van der Waals surface area contributed by atoms with Crippen molar-refractivity contribution in [2.45, 2.75) is 30.8 Å². The Labute approximate surface area is 307 Å². The molecular weight excluding hydrogens is 727 g/mol. The van der Waals surface area contributed by atoms with E-state index < -0.39 is 39.4 Å². The van der Waals surface area contributed by atoms with Crippen LogP contribution in [0.1, 0.15) is 42.5 Å². The largest absolute Gasteiger partial charge is 0.464 e. The molecule has 1 atom stereocenters. The third-order valence-corrected chi connectivity index (χ3v) is 10.8. The minimum atomic E-state index is -4.66. The Morgan fingerprint density at radius 1 is 0.906 bits per heavy atom. The summed E-state index contributed by atoms with van der Waals surface area (Å²) in [6.07, 6.45) is -2.85. The number of aromatic nitrogens is 1. The molecule has 6 rings (SSSR count). The van der Waals surface area contributed by atoms with Crippen LogP contribution in [0.3, 0.4) is 0 Å². The number of nitriles is 2. The summed E-state index contributed by atoms with van der Waals surface area (Å²) in [6.45, 7) is 2.92. The minimum Gasteiger partial charge on any atom is -0.464 e. The normalized spacial score (nSPS) is 12.6. The lowest BCUT2D eigenvalue weighted by Crippen LogP contribution is -2.34. The lowest BCUT2D eigenvalue weighted by molar-refractivity contribution is -0.164. The number of ether oxygens (including phenoxy) is 1. The van der Waals surface area contributed by atoms with Gasteiger partial charge in [0.05, 0.1) is 46.0 Å². The average Bonchev–Trinajstić information content (AvgIpc) is 3.49. The number of hydrogen-bond donors (Lipinski definition) is 1. The molecule has 0 saturated carbocycles. The molecule has 0 amide bonds. The van der Waals surface area contributed by atoms with E-state index in [1.807, 2.05) is 0 Å². The Morgan fingerprint density at radius 2 is 1.55 bits per heavy atom. The first-order valence-corrected chi connectivity index (χ1v) is 17.8. The third kappa shape index (κ3) is 6.53. The van der Waals surface area contributed by atoms with Gasteiger partial charge in [-0.3, -0.25) is 0 Å². The fraction of sp³-hybridized carbons (Fsp3) is 0.125. The minimum absolute atomic E-state index is 0.00994. The standard InChI is InChI=1S/C40H27ClF3N3O5S/c1-3-52-39(48)40(2,49)28-12-16-31(33(41)19-28)24-6-4-7-25(18-24)37-36(35-26(21-45)8-5-9-27(35)22-46)32-20-29(42)13-17-34(32)47(37)53(50,51)30-14-10-23(11-15-30)38(43)44/h4-20,38,49H,3H2,1-2H3. The van der Waals surface area contributed by atoms with Crippen LogP contribution < -0.4 is 0 Å². The van der Waals surface area contributed by atoms with E-state index in [0.717, 1.165) is 40.4 Å². The first kappa shape index (κ1) is 36.9. The van der Waals surface area contributed by atoms with Crippen LogP contribution in [0, 0.1) is 28.5 Å². The second-order valence-corrected chi connectivity index (χ2v) is 14.2. The van der Waals surface area contributed by atoms with E-state index in [4.69, 9.17) is 16.3 Å². The molecule has 1 N–H and O–H groups in total. The van der Waals surface area contributed by atoms with E-state index in [0.29, 0.717) is 11.1 Å². The van der Waals surface area contributed by atoms with Gasteiger partial charge in [0.25, 0.3) is 16.4 Å². The number of nitrogens with zero attached hydrogens (tertiary/aromatic N) is 3. The number of alkyl halides is 2. The zero-order chi connectivity index (χ0) is 38.2. The van der Waals surface area contributed by atoms with Crippen molar-refractivity contribution in [3.05, 3.63) is 136 Å². The fourth-order valence-corrected chi connectivity index (χ4v) is 8.01. The number of esters is 1. The smallest absolute Gasteiger partial charge is 0.342 e. The zero-order valence-electron chi connectivity index (χ0n) is 27.9.